The average Bonchev–Trinajstić information content (AvgIpc) is 2.84. The summed E-state index contributed by atoms with van der Waals surface area (Å²) in [5.74, 6) is 2.01. The molecule has 7 heteroatoms. The van der Waals surface area contributed by atoms with Crippen LogP contribution in [0.4, 0.5) is 0 Å². The van der Waals surface area contributed by atoms with Crippen LogP contribution >= 0.6 is 11.6 Å². The van der Waals surface area contributed by atoms with Crippen LogP contribution in [0.3, 0.4) is 0 Å². The van der Waals surface area contributed by atoms with Gasteiger partial charge in [-0.25, -0.2) is 0 Å². The molecular formula is C12H12ClN3O3. The number of ether oxygens (including phenoxy) is 2. The molecule has 0 spiro atoms. The number of benzene rings is 1. The highest BCUT2D eigenvalue weighted by Gasteiger charge is 2.21. The monoisotopic (exact) mass is 281 g/mol. The number of nitrogens with zero attached hydrogens (tertiary/aromatic N) is 2. The van der Waals surface area contributed by atoms with E-state index in [1.807, 2.05) is 0 Å². The van der Waals surface area contributed by atoms with Crippen molar-refractivity contribution in [3.63, 3.8) is 0 Å². The van der Waals surface area contributed by atoms with E-state index in [1.165, 1.54) is 0 Å². The number of aromatic nitrogens is 2. The van der Waals surface area contributed by atoms with Gasteiger partial charge < -0.3 is 19.7 Å². The molecule has 19 heavy (non-hydrogen) atoms. The predicted octanol–water partition coefficient (Wildman–Crippen LogP) is 1.85. The summed E-state index contributed by atoms with van der Waals surface area (Å²) in [6, 6.07) is 2.99. The van der Waals surface area contributed by atoms with E-state index < -0.39 is 6.04 Å². The number of hydrogen-bond acceptors (Lipinski definition) is 6. The molecule has 0 saturated carbocycles. The highest BCUT2D eigenvalue weighted by molar-refractivity contribution is 6.32. The normalized spacial score (nSPS) is 15.3. The van der Waals surface area contributed by atoms with Gasteiger partial charge in [0.1, 0.15) is 13.2 Å². The Balaban J connectivity index is 1.99. The van der Waals surface area contributed by atoms with Gasteiger partial charge in [0, 0.05) is 6.92 Å². The first-order chi connectivity index (χ1) is 9.15. The maximum atomic E-state index is 6.16. The molecule has 1 aliphatic rings. The first kappa shape index (κ1) is 12.3. The quantitative estimate of drug-likeness (QED) is 0.904. The van der Waals surface area contributed by atoms with Crippen molar-refractivity contribution in [1.82, 2.24) is 10.1 Å². The number of nitrogens with two attached hydrogens (primary N) is 1. The van der Waals surface area contributed by atoms with Gasteiger partial charge in [0.2, 0.25) is 5.89 Å². The zero-order valence-corrected chi connectivity index (χ0v) is 11.0. The van der Waals surface area contributed by atoms with E-state index in [0.29, 0.717) is 41.5 Å². The zero-order valence-electron chi connectivity index (χ0n) is 10.2. The van der Waals surface area contributed by atoms with Crippen molar-refractivity contribution in [3.8, 4) is 11.5 Å². The second-order valence-corrected chi connectivity index (χ2v) is 4.58. The van der Waals surface area contributed by atoms with Crippen LogP contribution in [-0.4, -0.2) is 23.4 Å². The molecule has 0 amide bonds. The second kappa shape index (κ2) is 4.71. The minimum absolute atomic E-state index is 0.408. The SMILES string of the molecule is Cc1nc(C(N)c2cc(Cl)c3c(c2)OCCO3)no1. The van der Waals surface area contributed by atoms with Crippen LogP contribution in [0.15, 0.2) is 16.7 Å². The fourth-order valence-corrected chi connectivity index (χ4v) is 2.17. The van der Waals surface area contributed by atoms with Gasteiger partial charge in [-0.3, -0.25) is 0 Å². The lowest BCUT2D eigenvalue weighted by molar-refractivity contribution is 0.171. The van der Waals surface area contributed by atoms with Gasteiger partial charge in [-0.1, -0.05) is 16.8 Å². The molecular weight excluding hydrogens is 270 g/mol. The maximum Gasteiger partial charge on any atom is 0.223 e. The number of fused-ring (bicyclic) bond motifs is 1. The Labute approximate surface area is 114 Å². The summed E-state index contributed by atoms with van der Waals surface area (Å²) >= 11 is 6.16. The van der Waals surface area contributed by atoms with E-state index in [9.17, 15) is 0 Å². The summed E-state index contributed by atoms with van der Waals surface area (Å²) in [7, 11) is 0. The molecule has 1 aromatic carbocycles. The third-order valence-corrected chi connectivity index (χ3v) is 3.08. The van der Waals surface area contributed by atoms with Crippen LogP contribution in [0.2, 0.25) is 5.02 Å². The van der Waals surface area contributed by atoms with Gasteiger partial charge >= 0.3 is 0 Å². The van der Waals surface area contributed by atoms with E-state index in [4.69, 9.17) is 31.3 Å². The molecule has 1 atom stereocenters. The molecule has 0 aliphatic carbocycles. The molecule has 0 radical (unpaired) electrons. The van der Waals surface area contributed by atoms with Crippen molar-refractivity contribution in [1.29, 1.82) is 0 Å². The third-order valence-electron chi connectivity index (χ3n) is 2.80. The maximum absolute atomic E-state index is 6.16. The Kier molecular flexibility index (Phi) is 3.04. The molecule has 0 fully saturated rings. The van der Waals surface area contributed by atoms with Crippen molar-refractivity contribution in [2.75, 3.05) is 13.2 Å². The Hall–Kier alpha value is -1.79. The number of aryl methyl sites for hydroxylation is 1. The van der Waals surface area contributed by atoms with Crippen molar-refractivity contribution in [2.24, 2.45) is 5.73 Å². The van der Waals surface area contributed by atoms with Crippen LogP contribution in [0.1, 0.15) is 23.3 Å². The summed E-state index contributed by atoms with van der Waals surface area (Å²) in [5.41, 5.74) is 6.84. The largest absolute Gasteiger partial charge is 0.486 e. The number of hydrogen-bond donors (Lipinski definition) is 1. The van der Waals surface area contributed by atoms with Crippen LogP contribution in [-0.2, 0) is 0 Å². The second-order valence-electron chi connectivity index (χ2n) is 4.18. The van der Waals surface area contributed by atoms with Crippen LogP contribution in [0.25, 0.3) is 0 Å². The minimum atomic E-state index is -0.522. The highest BCUT2D eigenvalue weighted by Crippen LogP contribution is 2.39. The topological polar surface area (TPSA) is 83.4 Å². The third kappa shape index (κ3) is 2.24. The summed E-state index contributed by atoms with van der Waals surface area (Å²) in [6.45, 7) is 2.69. The minimum Gasteiger partial charge on any atom is -0.486 e. The van der Waals surface area contributed by atoms with Crippen molar-refractivity contribution in [3.05, 3.63) is 34.4 Å². The molecule has 3 rings (SSSR count). The van der Waals surface area contributed by atoms with Crippen molar-refractivity contribution < 1.29 is 14.0 Å². The molecule has 2 aromatic rings. The number of halogens is 1. The average molecular weight is 282 g/mol. The summed E-state index contributed by atoms with van der Waals surface area (Å²) in [5, 5.41) is 4.27. The Bertz CT molecular complexity index is 614. The van der Waals surface area contributed by atoms with Crippen LogP contribution in [0.5, 0.6) is 11.5 Å². The summed E-state index contributed by atoms with van der Waals surface area (Å²) < 4.78 is 15.9. The molecule has 2 heterocycles. The Morgan fingerprint density at radius 3 is 2.84 bits per heavy atom. The molecule has 6 nitrogen and oxygen atoms in total. The smallest absolute Gasteiger partial charge is 0.223 e. The van der Waals surface area contributed by atoms with E-state index in [-0.39, 0.29) is 0 Å². The van der Waals surface area contributed by atoms with Crippen molar-refractivity contribution >= 4 is 11.6 Å². The molecule has 1 unspecified atom stereocenters. The fourth-order valence-electron chi connectivity index (χ4n) is 1.90. The van der Waals surface area contributed by atoms with Crippen molar-refractivity contribution in [2.45, 2.75) is 13.0 Å². The lowest BCUT2D eigenvalue weighted by atomic mass is 10.1. The molecule has 1 aromatic heterocycles. The Morgan fingerprint density at radius 1 is 1.32 bits per heavy atom. The van der Waals surface area contributed by atoms with Gasteiger partial charge in [0.15, 0.2) is 17.3 Å². The van der Waals surface area contributed by atoms with Crippen LogP contribution in [0, 0.1) is 6.92 Å². The Morgan fingerprint density at radius 2 is 2.11 bits per heavy atom. The predicted molar refractivity (Wildman–Crippen MR) is 67.5 cm³/mol. The lowest BCUT2D eigenvalue weighted by Gasteiger charge is -2.21. The van der Waals surface area contributed by atoms with E-state index in [2.05, 4.69) is 10.1 Å². The van der Waals surface area contributed by atoms with Gasteiger partial charge in [0.05, 0.1) is 11.1 Å². The van der Waals surface area contributed by atoms with Gasteiger partial charge in [-0.2, -0.15) is 4.98 Å². The van der Waals surface area contributed by atoms with Gasteiger partial charge in [-0.05, 0) is 17.7 Å². The lowest BCUT2D eigenvalue weighted by Crippen LogP contribution is -2.18. The molecule has 1 aliphatic heterocycles. The molecule has 2 N–H and O–H groups in total. The summed E-state index contributed by atoms with van der Waals surface area (Å²) in [6.07, 6.45) is 0. The first-order valence-corrected chi connectivity index (χ1v) is 6.18. The van der Waals surface area contributed by atoms with Crippen LogP contribution < -0.4 is 15.2 Å². The van der Waals surface area contributed by atoms with Gasteiger partial charge in [0.25, 0.3) is 0 Å². The summed E-state index contributed by atoms with van der Waals surface area (Å²) in [4.78, 5) is 4.11. The zero-order chi connectivity index (χ0) is 13.4. The van der Waals surface area contributed by atoms with E-state index in [1.54, 1.807) is 19.1 Å². The molecule has 0 bridgehead atoms. The standard InChI is InChI=1S/C12H12ClN3O3/c1-6-15-12(16-19-6)10(14)7-4-8(13)11-9(5-7)17-2-3-18-11/h4-5,10H,2-3,14H2,1H3. The van der Waals surface area contributed by atoms with E-state index >= 15 is 0 Å². The number of rotatable bonds is 2. The highest BCUT2D eigenvalue weighted by atomic mass is 35.5. The fraction of sp³-hybridized carbons (Fsp3) is 0.333. The first-order valence-electron chi connectivity index (χ1n) is 5.80. The van der Waals surface area contributed by atoms with Gasteiger partial charge in [-0.15, -0.1) is 0 Å². The van der Waals surface area contributed by atoms with E-state index in [0.717, 1.165) is 5.56 Å². The molecule has 100 valence electrons. The molecule has 0 saturated heterocycles.